The predicted molar refractivity (Wildman–Crippen MR) is 53.8 cm³/mol. The molecule has 0 aromatic rings. The molecule has 1 saturated heterocycles. The minimum Gasteiger partial charge on any atom is -0.479 e. The zero-order chi connectivity index (χ0) is 12.9. The first-order valence-corrected chi connectivity index (χ1v) is 5.25. The predicted octanol–water partition coefficient (Wildman–Crippen LogP) is -1.45. The molecule has 9 heteroatoms. The van der Waals surface area contributed by atoms with E-state index in [2.05, 4.69) is 20.7 Å². The van der Waals surface area contributed by atoms with Gasteiger partial charge in [0, 0.05) is 0 Å². The molecular weight excluding hydrogens is 311 g/mol. The molecule has 0 spiro atoms. The van der Waals surface area contributed by atoms with Crippen LogP contribution in [0, 0.1) is 0 Å². The van der Waals surface area contributed by atoms with Crippen molar-refractivity contribution in [1.82, 2.24) is 0 Å². The minimum absolute atomic E-state index is 1.09. The summed E-state index contributed by atoms with van der Waals surface area (Å²) in [6.45, 7) is 1.09. The van der Waals surface area contributed by atoms with Crippen molar-refractivity contribution in [2.45, 2.75) is 34.5 Å². The number of carboxylic acids is 1. The molecule has 0 radical (unpaired) electrons. The number of hydrogen-bond acceptors (Lipinski definition) is 6. The fourth-order valence-electron chi connectivity index (χ4n) is 1.38. The van der Waals surface area contributed by atoms with Crippen LogP contribution in [0.15, 0.2) is 0 Å². The third-order valence-electron chi connectivity index (χ3n) is 2.46. The minimum atomic E-state index is -3.19. The Morgan fingerprint density at radius 1 is 1.44 bits per heavy atom. The lowest BCUT2D eigenvalue weighted by Gasteiger charge is -2.51. The maximum Gasteiger partial charge on any atom is 0.343 e. The highest BCUT2D eigenvalue weighted by molar-refractivity contribution is 9.10. The molecular formula is C7H10BrClO7. The van der Waals surface area contributed by atoms with E-state index in [4.69, 9.17) is 16.7 Å². The van der Waals surface area contributed by atoms with Crippen molar-refractivity contribution in [2.24, 2.45) is 0 Å². The molecule has 0 aliphatic carbocycles. The van der Waals surface area contributed by atoms with Crippen molar-refractivity contribution in [3.8, 4) is 0 Å². The number of ether oxygens (including phenoxy) is 1. The van der Waals surface area contributed by atoms with E-state index in [1.807, 2.05) is 0 Å². The molecule has 16 heavy (non-hydrogen) atoms. The Labute approximate surface area is 103 Å². The second-order valence-electron chi connectivity index (χ2n) is 3.56. The van der Waals surface area contributed by atoms with Gasteiger partial charge in [-0.15, -0.1) is 0 Å². The number of aliphatic carboxylic acids is 1. The van der Waals surface area contributed by atoms with E-state index in [0.29, 0.717) is 0 Å². The summed E-state index contributed by atoms with van der Waals surface area (Å²) in [5.74, 6) is -1.99. The monoisotopic (exact) mass is 320 g/mol. The van der Waals surface area contributed by atoms with Gasteiger partial charge >= 0.3 is 5.97 Å². The van der Waals surface area contributed by atoms with Crippen molar-refractivity contribution in [3.05, 3.63) is 0 Å². The lowest BCUT2D eigenvalue weighted by Crippen LogP contribution is -2.77. The van der Waals surface area contributed by atoms with Crippen LogP contribution in [0.3, 0.4) is 0 Å². The van der Waals surface area contributed by atoms with Crippen LogP contribution in [-0.4, -0.2) is 59.1 Å². The Morgan fingerprint density at radius 2 is 1.88 bits per heavy atom. The van der Waals surface area contributed by atoms with Crippen molar-refractivity contribution < 1.29 is 35.1 Å². The van der Waals surface area contributed by atoms with Crippen molar-refractivity contribution in [1.29, 1.82) is 0 Å². The largest absolute Gasteiger partial charge is 0.479 e. The Bertz CT molecular complexity index is 320. The van der Waals surface area contributed by atoms with Crippen LogP contribution in [0.4, 0.5) is 0 Å². The highest BCUT2D eigenvalue weighted by Crippen LogP contribution is 2.49. The van der Waals surface area contributed by atoms with Crippen molar-refractivity contribution >= 4 is 33.5 Å². The average Bonchev–Trinajstić information content (AvgIpc) is 2.11. The molecule has 0 unspecified atom stereocenters. The smallest absolute Gasteiger partial charge is 0.343 e. The lowest BCUT2D eigenvalue weighted by molar-refractivity contribution is -0.329. The van der Waals surface area contributed by atoms with Gasteiger partial charge in [0.1, 0.15) is 6.10 Å². The molecule has 0 aromatic carbocycles. The second kappa shape index (κ2) is 3.77. The van der Waals surface area contributed by atoms with Crippen molar-refractivity contribution in [3.63, 3.8) is 0 Å². The fraction of sp³-hybridized carbons (Fsp3) is 0.857. The molecule has 5 N–H and O–H groups in total. The van der Waals surface area contributed by atoms with Crippen LogP contribution in [0.2, 0.25) is 0 Å². The topological polar surface area (TPSA) is 127 Å². The molecule has 5 atom stereocenters. The molecule has 1 heterocycles. The maximum absolute atomic E-state index is 10.9. The number of rotatable bonds is 1. The molecule has 1 aliphatic rings. The van der Waals surface area contributed by atoms with E-state index in [1.54, 1.807) is 0 Å². The van der Waals surface area contributed by atoms with Gasteiger partial charge in [0.15, 0.2) is 10.8 Å². The van der Waals surface area contributed by atoms with Gasteiger partial charge in [-0.2, -0.15) is 0 Å². The number of halogens is 2. The lowest BCUT2D eigenvalue weighted by atomic mass is 9.83. The molecule has 0 amide bonds. The summed E-state index contributed by atoms with van der Waals surface area (Å²) >= 11 is 8.23. The van der Waals surface area contributed by atoms with Crippen LogP contribution >= 0.6 is 27.5 Å². The summed E-state index contributed by atoms with van der Waals surface area (Å²) in [6.07, 6.45) is -4.33. The number of carbonyl (C=O) groups is 1. The Hall–Kier alpha value is 0.0400. The van der Waals surface area contributed by atoms with Crippen LogP contribution in [0.25, 0.3) is 0 Å². The van der Waals surface area contributed by atoms with E-state index in [-0.39, 0.29) is 0 Å². The van der Waals surface area contributed by atoms with Crippen LogP contribution in [-0.2, 0) is 9.53 Å². The van der Waals surface area contributed by atoms with Gasteiger partial charge in [0.05, 0.1) is 0 Å². The first-order chi connectivity index (χ1) is 6.98. The SMILES string of the molecule is C[C@@]1(Br)O[C@@H](O)[C@H](O)[C@](O)(C(=O)O)[C@@]1(O)Cl. The quantitative estimate of drug-likeness (QED) is 0.374. The maximum atomic E-state index is 10.9. The van der Waals surface area contributed by atoms with Gasteiger partial charge in [-0.25, -0.2) is 4.79 Å². The molecule has 1 rings (SSSR count). The van der Waals surface area contributed by atoms with E-state index in [9.17, 15) is 25.2 Å². The molecule has 94 valence electrons. The van der Waals surface area contributed by atoms with Crippen LogP contribution < -0.4 is 0 Å². The summed E-state index contributed by atoms with van der Waals surface area (Å²) in [7, 11) is 0. The summed E-state index contributed by atoms with van der Waals surface area (Å²) < 4.78 is 2.70. The Morgan fingerprint density at radius 3 is 2.25 bits per heavy atom. The third-order valence-corrected chi connectivity index (χ3v) is 4.10. The third kappa shape index (κ3) is 1.57. The number of carboxylic acid groups (broad SMARTS) is 1. The molecule has 1 aliphatic heterocycles. The van der Waals surface area contributed by atoms with Crippen molar-refractivity contribution in [2.75, 3.05) is 0 Å². The summed E-state index contributed by atoms with van der Waals surface area (Å²) in [4.78, 5) is 10.9. The standard InChI is InChI=1S/C7H10BrClO7/c1-5(8)7(9,15)6(14,4(12)13)2(10)3(11)16-5/h2-3,10-11,14-15H,1H3,(H,12,13)/t2-,3+,5+,6-,7+/m0/s1. The van der Waals surface area contributed by atoms with E-state index in [1.165, 1.54) is 0 Å². The number of aliphatic hydroxyl groups is 4. The highest BCUT2D eigenvalue weighted by atomic mass is 79.9. The second-order valence-corrected chi connectivity index (χ2v) is 5.62. The van der Waals surface area contributed by atoms with Gasteiger partial charge in [-0.3, -0.25) is 0 Å². The number of hydrogen-bond donors (Lipinski definition) is 5. The molecule has 7 nitrogen and oxygen atoms in total. The van der Waals surface area contributed by atoms with E-state index in [0.717, 1.165) is 6.92 Å². The van der Waals surface area contributed by atoms with Crippen LogP contribution in [0.1, 0.15) is 6.92 Å². The first-order valence-electron chi connectivity index (χ1n) is 4.08. The van der Waals surface area contributed by atoms with Gasteiger partial charge in [-0.05, 0) is 22.9 Å². The first kappa shape index (κ1) is 14.1. The zero-order valence-electron chi connectivity index (χ0n) is 7.96. The summed E-state index contributed by atoms with van der Waals surface area (Å²) in [5.41, 5.74) is -3.19. The number of alkyl halides is 2. The molecule has 0 saturated carbocycles. The summed E-state index contributed by atoms with van der Waals surface area (Å²) in [6, 6.07) is 0. The fourth-order valence-corrected chi connectivity index (χ4v) is 2.11. The zero-order valence-corrected chi connectivity index (χ0v) is 10.3. The molecule has 0 bridgehead atoms. The summed E-state index contributed by atoms with van der Waals surface area (Å²) in [5, 5.41) is 44.0. The highest BCUT2D eigenvalue weighted by Gasteiger charge is 2.73. The van der Waals surface area contributed by atoms with Gasteiger partial charge in [0.25, 0.3) is 0 Å². The number of aliphatic hydroxyl groups excluding tert-OH is 2. The van der Waals surface area contributed by atoms with E-state index >= 15 is 0 Å². The Kier molecular flexibility index (Phi) is 3.32. The Balaban J connectivity index is 3.36. The average molecular weight is 322 g/mol. The molecule has 0 aromatic heterocycles. The van der Waals surface area contributed by atoms with Gasteiger partial charge in [0.2, 0.25) is 10.7 Å². The van der Waals surface area contributed by atoms with E-state index < -0.39 is 33.5 Å². The normalized spacial score (nSPS) is 53.7. The molecule has 1 fully saturated rings. The van der Waals surface area contributed by atoms with Gasteiger partial charge in [-0.1, -0.05) is 11.6 Å². The van der Waals surface area contributed by atoms with Gasteiger partial charge < -0.3 is 30.3 Å². The van der Waals surface area contributed by atoms with Crippen LogP contribution in [0.5, 0.6) is 0 Å².